The number of aliphatic hydroxyl groups is 1. The Kier molecular flexibility index (Phi) is 5.57. The Balaban J connectivity index is 1.68. The smallest absolute Gasteiger partial charge is 0.295 e. The highest BCUT2D eigenvalue weighted by Crippen LogP contribution is 2.40. The quantitative estimate of drug-likeness (QED) is 0.476. The first-order valence-corrected chi connectivity index (χ1v) is 10.2. The van der Waals surface area contributed by atoms with E-state index in [0.717, 1.165) is 18.0 Å². The van der Waals surface area contributed by atoms with E-state index >= 15 is 0 Å². The molecule has 1 N–H and O–H groups in total. The Labute approximate surface area is 167 Å². The number of ketones is 1. The Morgan fingerprint density at radius 1 is 1.07 bits per heavy atom. The Bertz CT molecular complexity index is 873. The molecule has 2 saturated heterocycles. The maximum atomic E-state index is 12.8. The number of rotatable bonds is 5. The summed E-state index contributed by atoms with van der Waals surface area (Å²) in [4.78, 5) is 30.4. The zero-order valence-electron chi connectivity index (χ0n) is 15.4. The second-order valence-corrected chi connectivity index (χ2v) is 7.81. The number of hydrogen-bond donors (Lipinski definition) is 1. The third-order valence-corrected chi connectivity index (χ3v) is 6.09. The van der Waals surface area contributed by atoms with Gasteiger partial charge in [0.2, 0.25) is 0 Å². The van der Waals surface area contributed by atoms with Crippen molar-refractivity contribution in [3.05, 3.63) is 63.9 Å². The molecule has 7 heteroatoms. The first-order valence-electron chi connectivity index (χ1n) is 9.34. The van der Waals surface area contributed by atoms with Crippen LogP contribution in [0.4, 0.5) is 0 Å². The second-order valence-electron chi connectivity index (χ2n) is 6.83. The minimum Gasteiger partial charge on any atom is -0.507 e. The molecular formula is C21H22N2O4S. The standard InChI is InChI=1S/C21H22N2O4S/c24-19(15-5-2-1-3-6-15)17-18(16-7-4-14-28-16)23(21(26)20(17)25)9-8-22-10-12-27-13-11-22/h1-7,14,18,24H,8-13H2/b19-17+/t18-/m1/s1. The summed E-state index contributed by atoms with van der Waals surface area (Å²) in [5.41, 5.74) is 0.705. The summed E-state index contributed by atoms with van der Waals surface area (Å²) in [6, 6.07) is 12.2. The lowest BCUT2D eigenvalue weighted by atomic mass is 10.00. The van der Waals surface area contributed by atoms with Crippen LogP contribution in [0, 0.1) is 0 Å². The molecule has 1 atom stereocenters. The highest BCUT2D eigenvalue weighted by Gasteiger charge is 2.46. The van der Waals surface area contributed by atoms with Crippen LogP contribution in [0.1, 0.15) is 16.5 Å². The molecule has 2 aliphatic rings. The molecule has 0 saturated carbocycles. The van der Waals surface area contributed by atoms with E-state index in [0.29, 0.717) is 31.9 Å². The van der Waals surface area contributed by atoms with Gasteiger partial charge in [-0.3, -0.25) is 14.5 Å². The zero-order chi connectivity index (χ0) is 19.5. The predicted molar refractivity (Wildman–Crippen MR) is 107 cm³/mol. The van der Waals surface area contributed by atoms with Crippen molar-refractivity contribution in [1.29, 1.82) is 0 Å². The largest absolute Gasteiger partial charge is 0.507 e. The van der Waals surface area contributed by atoms with Gasteiger partial charge in [0.05, 0.1) is 24.8 Å². The minimum atomic E-state index is -0.623. The molecule has 146 valence electrons. The van der Waals surface area contributed by atoms with Crippen LogP contribution in [0.5, 0.6) is 0 Å². The van der Waals surface area contributed by atoms with Crippen molar-refractivity contribution in [2.75, 3.05) is 39.4 Å². The maximum Gasteiger partial charge on any atom is 0.295 e. The van der Waals surface area contributed by atoms with E-state index in [1.165, 1.54) is 11.3 Å². The van der Waals surface area contributed by atoms with Crippen LogP contribution in [-0.2, 0) is 14.3 Å². The number of amides is 1. The molecular weight excluding hydrogens is 376 g/mol. The lowest BCUT2D eigenvalue weighted by Gasteiger charge is -2.30. The van der Waals surface area contributed by atoms with Crippen molar-refractivity contribution < 1.29 is 19.4 Å². The molecule has 0 aliphatic carbocycles. The van der Waals surface area contributed by atoms with E-state index in [2.05, 4.69) is 4.90 Å². The van der Waals surface area contributed by atoms with Crippen molar-refractivity contribution in [2.24, 2.45) is 0 Å². The summed E-state index contributed by atoms with van der Waals surface area (Å²) in [5, 5.41) is 12.8. The SMILES string of the molecule is O=C1C(=O)N(CCN2CCOCC2)[C@H](c2cccs2)/C1=C(\O)c1ccccc1. The van der Waals surface area contributed by atoms with Crippen molar-refractivity contribution in [2.45, 2.75) is 6.04 Å². The molecule has 2 aliphatic heterocycles. The third-order valence-electron chi connectivity index (χ3n) is 5.16. The number of ether oxygens (including phenoxy) is 1. The van der Waals surface area contributed by atoms with Gasteiger partial charge in [0.25, 0.3) is 11.7 Å². The average Bonchev–Trinajstić information content (AvgIpc) is 3.35. The molecule has 2 fully saturated rings. The Morgan fingerprint density at radius 3 is 2.50 bits per heavy atom. The molecule has 4 rings (SSSR count). The van der Waals surface area contributed by atoms with Gasteiger partial charge in [0, 0.05) is 36.6 Å². The molecule has 0 unspecified atom stereocenters. The van der Waals surface area contributed by atoms with E-state index in [4.69, 9.17) is 4.74 Å². The summed E-state index contributed by atoms with van der Waals surface area (Å²) in [6.45, 7) is 4.10. The number of Topliss-reactive ketones (excluding diaryl/α,β-unsaturated/α-hetero) is 1. The van der Waals surface area contributed by atoms with Gasteiger partial charge in [-0.25, -0.2) is 0 Å². The number of benzene rings is 1. The number of likely N-dealkylation sites (tertiary alicyclic amines) is 1. The van der Waals surface area contributed by atoms with Gasteiger partial charge in [-0.05, 0) is 11.4 Å². The van der Waals surface area contributed by atoms with Crippen LogP contribution in [0.3, 0.4) is 0 Å². The molecule has 0 spiro atoms. The van der Waals surface area contributed by atoms with Gasteiger partial charge in [-0.1, -0.05) is 36.4 Å². The second kappa shape index (κ2) is 8.26. The van der Waals surface area contributed by atoms with Gasteiger partial charge in [-0.15, -0.1) is 11.3 Å². The van der Waals surface area contributed by atoms with Crippen LogP contribution in [-0.4, -0.2) is 66.0 Å². The van der Waals surface area contributed by atoms with E-state index in [1.807, 2.05) is 23.6 Å². The van der Waals surface area contributed by atoms with Gasteiger partial charge >= 0.3 is 0 Å². The maximum absolute atomic E-state index is 12.8. The molecule has 6 nitrogen and oxygen atoms in total. The van der Waals surface area contributed by atoms with Crippen LogP contribution in [0.2, 0.25) is 0 Å². The summed E-state index contributed by atoms with van der Waals surface area (Å²) in [7, 11) is 0. The van der Waals surface area contributed by atoms with E-state index in [-0.39, 0.29) is 11.3 Å². The summed E-state index contributed by atoms with van der Waals surface area (Å²) >= 11 is 1.48. The van der Waals surface area contributed by atoms with E-state index in [1.54, 1.807) is 29.2 Å². The lowest BCUT2D eigenvalue weighted by molar-refractivity contribution is -0.140. The van der Waals surface area contributed by atoms with Crippen LogP contribution in [0.25, 0.3) is 5.76 Å². The first-order chi connectivity index (χ1) is 13.7. The summed E-state index contributed by atoms with van der Waals surface area (Å²) < 4.78 is 5.37. The monoisotopic (exact) mass is 398 g/mol. The highest BCUT2D eigenvalue weighted by atomic mass is 32.1. The van der Waals surface area contributed by atoms with E-state index in [9.17, 15) is 14.7 Å². The molecule has 2 aromatic rings. The van der Waals surface area contributed by atoms with Crippen LogP contribution >= 0.6 is 11.3 Å². The Morgan fingerprint density at radius 2 is 1.82 bits per heavy atom. The first kappa shape index (κ1) is 18.9. The fraction of sp³-hybridized carbons (Fsp3) is 0.333. The Hall–Kier alpha value is -2.48. The summed E-state index contributed by atoms with van der Waals surface area (Å²) in [5.74, 6) is -1.29. The number of thiophene rings is 1. The van der Waals surface area contributed by atoms with E-state index < -0.39 is 17.7 Å². The molecule has 1 amide bonds. The highest BCUT2D eigenvalue weighted by molar-refractivity contribution is 7.10. The van der Waals surface area contributed by atoms with Crippen molar-refractivity contribution in [3.63, 3.8) is 0 Å². The van der Waals surface area contributed by atoms with Gasteiger partial charge in [0.1, 0.15) is 5.76 Å². The third kappa shape index (κ3) is 3.61. The fourth-order valence-electron chi connectivity index (χ4n) is 3.68. The van der Waals surface area contributed by atoms with Crippen molar-refractivity contribution >= 4 is 28.8 Å². The molecule has 28 heavy (non-hydrogen) atoms. The number of aliphatic hydroxyl groups excluding tert-OH is 1. The minimum absolute atomic E-state index is 0.119. The van der Waals surface area contributed by atoms with Gasteiger partial charge in [-0.2, -0.15) is 0 Å². The van der Waals surface area contributed by atoms with Crippen LogP contribution in [0.15, 0.2) is 53.4 Å². The predicted octanol–water partition coefficient (Wildman–Crippen LogP) is 2.50. The normalized spacial score (nSPS) is 22.7. The number of carbonyl (C=O) groups is 2. The molecule has 0 radical (unpaired) electrons. The topological polar surface area (TPSA) is 70.1 Å². The zero-order valence-corrected chi connectivity index (χ0v) is 16.2. The molecule has 3 heterocycles. The average molecular weight is 398 g/mol. The van der Waals surface area contributed by atoms with Crippen molar-refractivity contribution in [1.82, 2.24) is 9.80 Å². The lowest BCUT2D eigenvalue weighted by Crippen LogP contribution is -2.42. The summed E-state index contributed by atoms with van der Waals surface area (Å²) in [6.07, 6.45) is 0. The van der Waals surface area contributed by atoms with Gasteiger partial charge in [0.15, 0.2) is 0 Å². The molecule has 0 bridgehead atoms. The number of nitrogens with zero attached hydrogens (tertiary/aromatic N) is 2. The van der Waals surface area contributed by atoms with Crippen LogP contribution < -0.4 is 0 Å². The number of morpholine rings is 1. The fourth-order valence-corrected chi connectivity index (χ4v) is 4.52. The number of carbonyl (C=O) groups excluding carboxylic acids is 2. The van der Waals surface area contributed by atoms with Gasteiger partial charge < -0.3 is 14.7 Å². The molecule has 1 aromatic heterocycles. The number of hydrogen-bond acceptors (Lipinski definition) is 6. The molecule has 1 aromatic carbocycles. The van der Waals surface area contributed by atoms with Crippen molar-refractivity contribution in [3.8, 4) is 0 Å².